The van der Waals surface area contributed by atoms with Crippen molar-refractivity contribution in [2.45, 2.75) is 52.6 Å². The average molecular weight is 144 g/mol. The second kappa shape index (κ2) is 7.07. The molecule has 0 aromatic heterocycles. The molecule has 1 rings (SSSR count). The minimum atomic E-state index is 0.597. The Morgan fingerprint density at radius 1 is 1.30 bits per heavy atom. The van der Waals surface area contributed by atoms with Crippen LogP contribution in [0, 0.1) is 0 Å². The Labute approximate surface area is 64.8 Å². The second-order valence-corrected chi connectivity index (χ2v) is 2.75. The molecular formula is C9H20O. The molecule has 1 fully saturated rings. The highest BCUT2D eigenvalue weighted by atomic mass is 16.5. The van der Waals surface area contributed by atoms with Crippen LogP contribution in [0.2, 0.25) is 0 Å². The van der Waals surface area contributed by atoms with Crippen molar-refractivity contribution in [1.82, 2.24) is 0 Å². The van der Waals surface area contributed by atoms with Gasteiger partial charge in [0.15, 0.2) is 0 Å². The number of ether oxygens (including phenoxy) is 1. The molecule has 1 unspecified atom stereocenters. The third-order valence-corrected chi connectivity index (χ3v) is 1.48. The maximum Gasteiger partial charge on any atom is 0.0573 e. The van der Waals surface area contributed by atoms with Gasteiger partial charge in [0.1, 0.15) is 0 Å². The SMILES string of the molecule is CCC.CCC1CCCO1. The molecule has 1 aliphatic heterocycles. The lowest BCUT2D eigenvalue weighted by molar-refractivity contribution is 0.108. The molecule has 0 amide bonds. The molecule has 1 nitrogen and oxygen atoms in total. The van der Waals surface area contributed by atoms with E-state index >= 15 is 0 Å². The van der Waals surface area contributed by atoms with Crippen LogP contribution in [0.4, 0.5) is 0 Å². The van der Waals surface area contributed by atoms with E-state index in [-0.39, 0.29) is 0 Å². The van der Waals surface area contributed by atoms with Gasteiger partial charge in [0.25, 0.3) is 0 Å². The first kappa shape index (κ1) is 9.96. The summed E-state index contributed by atoms with van der Waals surface area (Å²) >= 11 is 0. The van der Waals surface area contributed by atoms with Crippen molar-refractivity contribution in [1.29, 1.82) is 0 Å². The van der Waals surface area contributed by atoms with E-state index in [1.54, 1.807) is 0 Å². The van der Waals surface area contributed by atoms with Crippen LogP contribution in [0.15, 0.2) is 0 Å². The van der Waals surface area contributed by atoms with Gasteiger partial charge in [0, 0.05) is 6.61 Å². The molecule has 0 bridgehead atoms. The normalized spacial score (nSPS) is 23.7. The Morgan fingerprint density at radius 3 is 2.10 bits per heavy atom. The molecule has 0 saturated carbocycles. The van der Waals surface area contributed by atoms with Crippen LogP contribution in [0.25, 0.3) is 0 Å². The van der Waals surface area contributed by atoms with Crippen LogP contribution in [-0.2, 0) is 4.74 Å². The highest BCUT2D eigenvalue weighted by Gasteiger charge is 2.11. The zero-order valence-corrected chi connectivity index (χ0v) is 7.52. The lowest BCUT2D eigenvalue weighted by atomic mass is 10.2. The lowest BCUT2D eigenvalue weighted by Crippen LogP contribution is -2.00. The van der Waals surface area contributed by atoms with E-state index in [4.69, 9.17) is 4.74 Å². The fourth-order valence-corrected chi connectivity index (χ4v) is 0.966. The number of hydrogen-bond acceptors (Lipinski definition) is 1. The van der Waals surface area contributed by atoms with E-state index in [2.05, 4.69) is 20.8 Å². The summed E-state index contributed by atoms with van der Waals surface area (Å²) in [5, 5.41) is 0. The van der Waals surface area contributed by atoms with Crippen LogP contribution in [0.5, 0.6) is 0 Å². The van der Waals surface area contributed by atoms with Gasteiger partial charge in [0.05, 0.1) is 6.10 Å². The Bertz CT molecular complexity index is 55.7. The van der Waals surface area contributed by atoms with E-state index in [1.165, 1.54) is 25.7 Å². The van der Waals surface area contributed by atoms with Crippen LogP contribution in [-0.4, -0.2) is 12.7 Å². The second-order valence-electron chi connectivity index (χ2n) is 2.75. The Balaban J connectivity index is 0.000000236. The van der Waals surface area contributed by atoms with Crippen molar-refractivity contribution in [2.24, 2.45) is 0 Å². The van der Waals surface area contributed by atoms with E-state index < -0.39 is 0 Å². The maximum absolute atomic E-state index is 5.30. The molecule has 0 spiro atoms. The summed E-state index contributed by atoms with van der Waals surface area (Å²) in [6.45, 7) is 7.43. The van der Waals surface area contributed by atoms with Gasteiger partial charge < -0.3 is 4.74 Å². The summed E-state index contributed by atoms with van der Waals surface area (Å²) in [6.07, 6.45) is 5.61. The monoisotopic (exact) mass is 144 g/mol. The highest BCUT2D eigenvalue weighted by Crippen LogP contribution is 2.13. The van der Waals surface area contributed by atoms with Crippen molar-refractivity contribution in [3.63, 3.8) is 0 Å². The summed E-state index contributed by atoms with van der Waals surface area (Å²) < 4.78 is 5.30. The van der Waals surface area contributed by atoms with E-state index in [1.807, 2.05) is 0 Å². The quantitative estimate of drug-likeness (QED) is 0.549. The van der Waals surface area contributed by atoms with Crippen LogP contribution in [0.1, 0.15) is 46.5 Å². The minimum absolute atomic E-state index is 0.597. The van der Waals surface area contributed by atoms with Crippen molar-refractivity contribution < 1.29 is 4.74 Å². The van der Waals surface area contributed by atoms with E-state index in [0.717, 1.165) is 6.61 Å². The molecule has 0 aromatic rings. The fourth-order valence-electron chi connectivity index (χ4n) is 0.966. The average Bonchev–Trinajstić information content (AvgIpc) is 2.39. The predicted octanol–water partition coefficient (Wildman–Crippen LogP) is 2.99. The standard InChI is InChI=1S/C6H12O.C3H8/c1-2-6-4-3-5-7-6;1-3-2/h6H,2-5H2,1H3;3H2,1-2H3. The molecule has 1 atom stereocenters. The summed E-state index contributed by atoms with van der Waals surface area (Å²) in [4.78, 5) is 0. The summed E-state index contributed by atoms with van der Waals surface area (Å²) in [7, 11) is 0. The molecule has 62 valence electrons. The molecule has 0 aromatic carbocycles. The summed E-state index contributed by atoms with van der Waals surface area (Å²) in [5.41, 5.74) is 0. The first-order chi connectivity index (χ1) is 4.85. The third kappa shape index (κ3) is 4.80. The topological polar surface area (TPSA) is 9.23 Å². The summed E-state index contributed by atoms with van der Waals surface area (Å²) in [6, 6.07) is 0. The van der Waals surface area contributed by atoms with Gasteiger partial charge in [-0.25, -0.2) is 0 Å². The number of rotatable bonds is 1. The largest absolute Gasteiger partial charge is 0.378 e. The van der Waals surface area contributed by atoms with Gasteiger partial charge in [0.2, 0.25) is 0 Å². The molecule has 0 radical (unpaired) electrons. The third-order valence-electron chi connectivity index (χ3n) is 1.48. The lowest BCUT2D eigenvalue weighted by Gasteiger charge is -2.01. The summed E-state index contributed by atoms with van der Waals surface area (Å²) in [5.74, 6) is 0. The van der Waals surface area contributed by atoms with Crippen LogP contribution in [0.3, 0.4) is 0 Å². The Morgan fingerprint density at radius 2 is 1.90 bits per heavy atom. The Kier molecular flexibility index (Phi) is 7.04. The predicted molar refractivity (Wildman–Crippen MR) is 45.2 cm³/mol. The van der Waals surface area contributed by atoms with Crippen molar-refractivity contribution in [3.05, 3.63) is 0 Å². The van der Waals surface area contributed by atoms with Crippen molar-refractivity contribution >= 4 is 0 Å². The first-order valence-corrected chi connectivity index (χ1v) is 4.46. The molecule has 1 heterocycles. The van der Waals surface area contributed by atoms with Gasteiger partial charge in [-0.3, -0.25) is 0 Å². The molecule has 0 N–H and O–H groups in total. The van der Waals surface area contributed by atoms with Crippen LogP contribution >= 0.6 is 0 Å². The molecule has 1 saturated heterocycles. The van der Waals surface area contributed by atoms with Crippen molar-refractivity contribution in [2.75, 3.05) is 6.61 Å². The molecule has 0 aliphatic carbocycles. The van der Waals surface area contributed by atoms with E-state index in [0.29, 0.717) is 6.10 Å². The zero-order valence-electron chi connectivity index (χ0n) is 7.52. The molecular weight excluding hydrogens is 124 g/mol. The fraction of sp³-hybridized carbons (Fsp3) is 1.00. The maximum atomic E-state index is 5.30. The Hall–Kier alpha value is -0.0400. The molecule has 1 heteroatoms. The van der Waals surface area contributed by atoms with Gasteiger partial charge in [-0.05, 0) is 19.3 Å². The zero-order chi connectivity index (χ0) is 7.82. The first-order valence-electron chi connectivity index (χ1n) is 4.46. The van der Waals surface area contributed by atoms with E-state index in [9.17, 15) is 0 Å². The smallest absolute Gasteiger partial charge is 0.0573 e. The van der Waals surface area contributed by atoms with Gasteiger partial charge in [-0.15, -0.1) is 0 Å². The highest BCUT2D eigenvalue weighted by molar-refractivity contribution is 4.60. The van der Waals surface area contributed by atoms with Gasteiger partial charge in [-0.2, -0.15) is 0 Å². The van der Waals surface area contributed by atoms with Gasteiger partial charge >= 0.3 is 0 Å². The minimum Gasteiger partial charge on any atom is -0.378 e. The molecule has 10 heavy (non-hydrogen) atoms. The van der Waals surface area contributed by atoms with Crippen LogP contribution < -0.4 is 0 Å². The number of hydrogen-bond donors (Lipinski definition) is 0. The van der Waals surface area contributed by atoms with Crippen molar-refractivity contribution in [3.8, 4) is 0 Å². The van der Waals surface area contributed by atoms with Gasteiger partial charge in [-0.1, -0.05) is 27.2 Å². The molecule has 1 aliphatic rings.